The molecule has 2 atom stereocenters. The molecule has 1 aliphatic heterocycles. The van der Waals surface area contributed by atoms with E-state index in [4.69, 9.17) is 36.8 Å². The monoisotopic (exact) mass is 853 g/mol. The first kappa shape index (κ1) is 43.9. The zero-order valence-corrected chi connectivity index (χ0v) is 34.1. The van der Waals surface area contributed by atoms with Crippen LogP contribution < -0.4 is 20.7 Å². The van der Waals surface area contributed by atoms with Gasteiger partial charge in [-0.1, -0.05) is 47.6 Å². The Morgan fingerprint density at radius 2 is 1.73 bits per heavy atom. The van der Waals surface area contributed by atoms with Crippen molar-refractivity contribution in [3.63, 3.8) is 0 Å². The van der Waals surface area contributed by atoms with Crippen LogP contribution in [-0.4, -0.2) is 70.2 Å². The van der Waals surface area contributed by atoms with E-state index in [-0.39, 0.29) is 44.4 Å². The molecule has 1 amide bonds. The maximum atomic E-state index is 12.5. The topological polar surface area (TPSA) is 196 Å². The summed E-state index contributed by atoms with van der Waals surface area (Å²) in [6.45, 7) is 3.07. The molecule has 0 unspecified atom stereocenters. The fourth-order valence-corrected chi connectivity index (χ4v) is 7.74. The number of esters is 1. The van der Waals surface area contributed by atoms with Gasteiger partial charge in [-0.15, -0.1) is 36.2 Å². The molecule has 13 nitrogen and oxygen atoms in total. The number of H-pyrrole nitrogens is 1. The molecular formula is C38H38Cl3N9O4S2. The normalized spacial score (nSPS) is 13.0. The number of thioether (sulfide) groups is 1. The lowest BCUT2D eigenvalue weighted by Crippen LogP contribution is -2.48. The summed E-state index contributed by atoms with van der Waals surface area (Å²) in [4.78, 5) is 43.5. The highest BCUT2D eigenvalue weighted by molar-refractivity contribution is 7.98. The van der Waals surface area contributed by atoms with Crippen LogP contribution in [0.4, 0.5) is 5.82 Å². The number of nitriles is 2. The number of aromatic nitrogens is 4. The van der Waals surface area contributed by atoms with Gasteiger partial charge < -0.3 is 30.4 Å². The Labute approximate surface area is 349 Å². The van der Waals surface area contributed by atoms with Crippen LogP contribution in [0.1, 0.15) is 42.3 Å². The number of anilines is 1. The highest BCUT2D eigenvalue weighted by Crippen LogP contribution is 2.40. The average Bonchev–Trinajstić information content (AvgIpc) is 4.00. The molecule has 0 aliphatic carbocycles. The van der Waals surface area contributed by atoms with Gasteiger partial charge in [0.25, 0.3) is 0 Å². The van der Waals surface area contributed by atoms with Crippen molar-refractivity contribution in [2.45, 2.75) is 49.0 Å². The molecule has 18 heteroatoms. The van der Waals surface area contributed by atoms with Crippen molar-refractivity contribution >= 4 is 77.2 Å². The molecule has 0 radical (unpaired) electrons. The number of rotatable bonds is 15. The second-order valence-electron chi connectivity index (χ2n) is 12.4. The predicted molar refractivity (Wildman–Crippen MR) is 221 cm³/mol. The number of ether oxygens (including phenoxy) is 2. The zero-order valence-electron chi connectivity index (χ0n) is 30.1. The molecule has 1 saturated heterocycles. The van der Waals surface area contributed by atoms with Crippen LogP contribution in [0.25, 0.3) is 21.7 Å². The maximum Gasteiger partial charge on any atom is 0.328 e. The summed E-state index contributed by atoms with van der Waals surface area (Å²) in [6.07, 6.45) is 5.31. The van der Waals surface area contributed by atoms with Crippen LogP contribution in [0.5, 0.6) is 5.75 Å². The van der Waals surface area contributed by atoms with E-state index in [1.54, 1.807) is 30.5 Å². The van der Waals surface area contributed by atoms with Crippen LogP contribution in [0.3, 0.4) is 0 Å². The highest BCUT2D eigenvalue weighted by atomic mass is 35.5. The van der Waals surface area contributed by atoms with Crippen molar-refractivity contribution in [1.82, 2.24) is 25.3 Å². The predicted octanol–water partition coefficient (Wildman–Crippen LogP) is 6.72. The van der Waals surface area contributed by atoms with Gasteiger partial charge in [0.1, 0.15) is 58.6 Å². The van der Waals surface area contributed by atoms with Crippen molar-refractivity contribution in [1.29, 1.82) is 10.5 Å². The van der Waals surface area contributed by atoms with Gasteiger partial charge in [0.05, 0.1) is 23.6 Å². The molecule has 2 aromatic carbocycles. The van der Waals surface area contributed by atoms with Crippen molar-refractivity contribution in [2.75, 3.05) is 31.2 Å². The Kier molecular flexibility index (Phi) is 16.3. The second-order valence-corrected chi connectivity index (χ2v) is 14.6. The number of nitrogens with one attached hydrogen (secondary N) is 2. The first-order valence-corrected chi connectivity index (χ1v) is 19.4. The standard InChI is InChI=1S/C38H36ClN9O4S2.2ClH/c1-23(45-35(49)32(42)16-27-19-43-22-44-27)38(50)52-15-14-51-29-10-6-24(7-11-29)33-30(17-40)34(48-12-2-3-13-48)47-37(31(33)18-41)54-21-28-20-53-36(46-28)25-4-8-26(39)9-5-25;;/h4-11,19-20,22-23,32H,2-3,12-16,21,42H2,1H3,(H,43,44)(H,45,49);2*1H/t23-,32-;;/m0../s1. The molecule has 3 aromatic heterocycles. The Morgan fingerprint density at radius 1 is 1.04 bits per heavy atom. The molecule has 0 bridgehead atoms. The summed E-state index contributed by atoms with van der Waals surface area (Å²) in [5, 5.41) is 27.5. The van der Waals surface area contributed by atoms with Crippen molar-refractivity contribution < 1.29 is 19.1 Å². The maximum absolute atomic E-state index is 12.5. The van der Waals surface area contributed by atoms with Gasteiger partial charge >= 0.3 is 5.97 Å². The third-order valence-corrected chi connectivity index (χ3v) is 10.8. The fourth-order valence-electron chi connectivity index (χ4n) is 5.80. The second kappa shape index (κ2) is 20.9. The SMILES string of the molecule is C[C@H](NC(=O)[C@@H](N)Cc1cnc[nH]1)C(=O)OCCOc1ccc(-c2c(C#N)c(SCc3csc(-c4ccc(Cl)cc4)n3)nc(N3CCCC3)c2C#N)cc1.Cl.Cl. The Morgan fingerprint density at radius 3 is 2.39 bits per heavy atom. The number of thiazole rings is 1. The van der Waals surface area contributed by atoms with Crippen molar-refractivity contribution in [3.05, 3.63) is 94.0 Å². The van der Waals surface area contributed by atoms with Crippen molar-refractivity contribution in [2.24, 2.45) is 5.73 Å². The first-order chi connectivity index (χ1) is 26.2. The van der Waals surface area contributed by atoms with E-state index in [2.05, 4.69) is 32.3 Å². The fraction of sp³-hybridized carbons (Fsp3) is 0.289. The summed E-state index contributed by atoms with van der Waals surface area (Å²) in [6, 6.07) is 17.5. The molecule has 56 heavy (non-hydrogen) atoms. The quantitative estimate of drug-likeness (QED) is 0.0572. The van der Waals surface area contributed by atoms with E-state index in [1.165, 1.54) is 36.3 Å². The number of carbonyl (C=O) groups is 2. The smallest absolute Gasteiger partial charge is 0.328 e. The number of aromatic amines is 1. The lowest BCUT2D eigenvalue weighted by Gasteiger charge is -2.22. The van der Waals surface area contributed by atoms with E-state index in [9.17, 15) is 20.1 Å². The summed E-state index contributed by atoms with van der Waals surface area (Å²) in [5.74, 6) is 0.445. The van der Waals surface area contributed by atoms with Crippen LogP contribution >= 0.6 is 59.5 Å². The number of hydrogen-bond donors (Lipinski definition) is 3. The summed E-state index contributed by atoms with van der Waals surface area (Å²) in [5.41, 5.74) is 10.3. The van der Waals surface area contributed by atoms with E-state index >= 15 is 0 Å². The van der Waals surface area contributed by atoms with E-state index in [0.717, 1.165) is 42.2 Å². The van der Waals surface area contributed by atoms with Gasteiger partial charge in [-0.05, 0) is 49.6 Å². The summed E-state index contributed by atoms with van der Waals surface area (Å²) < 4.78 is 11.1. The van der Waals surface area contributed by atoms with Gasteiger partial charge in [-0.3, -0.25) is 4.79 Å². The van der Waals surface area contributed by atoms with Gasteiger partial charge in [0.2, 0.25) is 5.91 Å². The van der Waals surface area contributed by atoms with Gasteiger partial charge in [-0.2, -0.15) is 10.5 Å². The minimum atomic E-state index is -0.907. The van der Waals surface area contributed by atoms with Crippen LogP contribution in [0, 0.1) is 22.7 Å². The van der Waals surface area contributed by atoms with Crippen molar-refractivity contribution in [3.8, 4) is 39.6 Å². The third-order valence-electron chi connectivity index (χ3n) is 8.56. The molecule has 0 spiro atoms. The van der Waals surface area contributed by atoms with E-state index in [1.807, 2.05) is 29.6 Å². The Balaban J connectivity index is 0.00000348. The number of nitrogens with two attached hydrogens (primary N) is 1. The number of pyridine rings is 1. The number of nitrogens with zero attached hydrogens (tertiary/aromatic N) is 6. The van der Waals surface area contributed by atoms with E-state index < -0.39 is 24.0 Å². The number of amides is 1. The van der Waals surface area contributed by atoms with Crippen LogP contribution in [-0.2, 0) is 26.5 Å². The lowest BCUT2D eigenvalue weighted by molar-refractivity contribution is -0.148. The molecule has 1 fully saturated rings. The third kappa shape index (κ3) is 10.9. The first-order valence-electron chi connectivity index (χ1n) is 17.1. The molecule has 4 N–H and O–H groups in total. The minimum Gasteiger partial charge on any atom is -0.490 e. The molecule has 0 saturated carbocycles. The Bertz CT molecular complexity index is 2170. The minimum absolute atomic E-state index is 0. The van der Waals surface area contributed by atoms with Crippen LogP contribution in [0.2, 0.25) is 5.02 Å². The van der Waals surface area contributed by atoms with Crippen LogP contribution in [0.15, 0.2) is 71.5 Å². The highest BCUT2D eigenvalue weighted by Gasteiger charge is 2.27. The molecule has 292 valence electrons. The zero-order chi connectivity index (χ0) is 38.0. The summed E-state index contributed by atoms with van der Waals surface area (Å²) >= 11 is 9.01. The van der Waals surface area contributed by atoms with Gasteiger partial charge in [0, 0.05) is 58.7 Å². The van der Waals surface area contributed by atoms with Gasteiger partial charge in [-0.25, -0.2) is 19.7 Å². The molecule has 6 rings (SSSR count). The largest absolute Gasteiger partial charge is 0.490 e. The average molecular weight is 855 g/mol. The number of carbonyl (C=O) groups excluding carboxylic acids is 2. The molecule has 4 heterocycles. The van der Waals surface area contributed by atoms with E-state index in [0.29, 0.717) is 55.3 Å². The van der Waals surface area contributed by atoms with Gasteiger partial charge in [0.15, 0.2) is 0 Å². The summed E-state index contributed by atoms with van der Waals surface area (Å²) in [7, 11) is 0. The number of halogens is 3. The molecule has 1 aliphatic rings. The molecule has 5 aromatic rings. The number of hydrogen-bond acceptors (Lipinski definition) is 13. The number of imidazole rings is 1. The lowest BCUT2D eigenvalue weighted by atomic mass is 9.96. The number of benzene rings is 2. The Hall–Kier alpha value is -4.87. The molecular weight excluding hydrogens is 817 g/mol.